The minimum atomic E-state index is -1.10. The standard InChI is InChI=1S/C13H21FN4/c1-9(2)18-12(15-8-16-18)7-13(14)5-10-3-4-11(6-13)17-10/h8-11,17H,3-7H2,1-2H3. The SMILES string of the molecule is CC(C)n1ncnc1CC1(F)CC2CCC(C1)N2. The highest BCUT2D eigenvalue weighted by Crippen LogP contribution is 2.38. The van der Waals surface area contributed by atoms with Crippen LogP contribution in [0.3, 0.4) is 0 Å². The summed E-state index contributed by atoms with van der Waals surface area (Å²) < 4.78 is 16.8. The molecule has 2 saturated heterocycles. The predicted octanol–water partition coefficient (Wildman–Crippen LogP) is 2.02. The van der Waals surface area contributed by atoms with Gasteiger partial charge in [0.25, 0.3) is 0 Å². The summed E-state index contributed by atoms with van der Waals surface area (Å²) >= 11 is 0. The van der Waals surface area contributed by atoms with Crippen LogP contribution in [0.4, 0.5) is 4.39 Å². The number of nitrogens with one attached hydrogen (secondary N) is 1. The molecule has 2 aliphatic heterocycles. The van der Waals surface area contributed by atoms with Crippen molar-refractivity contribution in [2.24, 2.45) is 0 Å². The summed E-state index contributed by atoms with van der Waals surface area (Å²) in [5.41, 5.74) is -1.10. The normalized spacial score (nSPS) is 35.3. The summed E-state index contributed by atoms with van der Waals surface area (Å²) in [4.78, 5) is 4.24. The van der Waals surface area contributed by atoms with Crippen LogP contribution >= 0.6 is 0 Å². The van der Waals surface area contributed by atoms with Crippen molar-refractivity contribution in [1.29, 1.82) is 0 Å². The maximum absolute atomic E-state index is 15.0. The summed E-state index contributed by atoms with van der Waals surface area (Å²) in [5.74, 6) is 0.786. The lowest BCUT2D eigenvalue weighted by molar-refractivity contribution is 0.0855. The zero-order valence-corrected chi connectivity index (χ0v) is 11.1. The molecule has 2 unspecified atom stereocenters. The summed E-state index contributed by atoms with van der Waals surface area (Å²) in [6.07, 6.45) is 5.41. The molecule has 0 amide bonds. The fourth-order valence-electron chi connectivity index (χ4n) is 3.45. The lowest BCUT2D eigenvalue weighted by Crippen LogP contribution is -2.47. The van der Waals surface area contributed by atoms with Crippen molar-refractivity contribution in [3.8, 4) is 0 Å². The van der Waals surface area contributed by atoms with E-state index in [-0.39, 0.29) is 6.04 Å². The van der Waals surface area contributed by atoms with Crippen molar-refractivity contribution >= 4 is 0 Å². The van der Waals surface area contributed by atoms with Gasteiger partial charge < -0.3 is 5.32 Å². The van der Waals surface area contributed by atoms with Crippen LogP contribution in [0.25, 0.3) is 0 Å². The molecular weight excluding hydrogens is 231 g/mol. The van der Waals surface area contributed by atoms with E-state index < -0.39 is 5.67 Å². The molecule has 0 spiro atoms. The third-order valence-corrected chi connectivity index (χ3v) is 4.17. The third kappa shape index (κ3) is 2.16. The summed E-state index contributed by atoms with van der Waals surface area (Å²) in [6, 6.07) is 0.970. The molecule has 3 rings (SSSR count). The average Bonchev–Trinajstić information content (AvgIpc) is 2.85. The molecular formula is C13H21FN4. The van der Waals surface area contributed by atoms with Crippen LogP contribution in [0.5, 0.6) is 0 Å². The number of piperidine rings is 1. The van der Waals surface area contributed by atoms with Crippen LogP contribution in [-0.4, -0.2) is 32.5 Å². The number of aromatic nitrogens is 3. The second kappa shape index (κ2) is 4.30. The zero-order chi connectivity index (χ0) is 12.8. The highest BCUT2D eigenvalue weighted by Gasteiger charge is 2.44. The van der Waals surface area contributed by atoms with Crippen molar-refractivity contribution in [3.63, 3.8) is 0 Å². The van der Waals surface area contributed by atoms with Crippen molar-refractivity contribution in [2.75, 3.05) is 0 Å². The van der Waals surface area contributed by atoms with Gasteiger partial charge in [0.2, 0.25) is 0 Å². The van der Waals surface area contributed by atoms with E-state index in [0.29, 0.717) is 31.3 Å². The van der Waals surface area contributed by atoms with E-state index in [1.54, 1.807) is 0 Å². The van der Waals surface area contributed by atoms with E-state index in [9.17, 15) is 4.39 Å². The lowest BCUT2D eigenvalue weighted by Gasteiger charge is -2.34. The maximum Gasteiger partial charge on any atom is 0.138 e. The summed E-state index contributed by atoms with van der Waals surface area (Å²) in [7, 11) is 0. The molecule has 3 heterocycles. The topological polar surface area (TPSA) is 42.7 Å². The van der Waals surface area contributed by atoms with Crippen LogP contribution in [-0.2, 0) is 6.42 Å². The van der Waals surface area contributed by atoms with Gasteiger partial charge in [-0.25, -0.2) is 14.1 Å². The van der Waals surface area contributed by atoms with Gasteiger partial charge in [-0.3, -0.25) is 0 Å². The zero-order valence-electron chi connectivity index (χ0n) is 11.1. The number of rotatable bonds is 3. The van der Waals surface area contributed by atoms with E-state index in [2.05, 4.69) is 29.2 Å². The second-order valence-corrected chi connectivity index (χ2v) is 6.09. The van der Waals surface area contributed by atoms with Gasteiger partial charge >= 0.3 is 0 Å². The van der Waals surface area contributed by atoms with Gasteiger partial charge in [-0.2, -0.15) is 5.10 Å². The average molecular weight is 252 g/mol. The molecule has 0 aliphatic carbocycles. The Balaban J connectivity index is 1.77. The fraction of sp³-hybridized carbons (Fsp3) is 0.846. The molecule has 100 valence electrons. The highest BCUT2D eigenvalue weighted by molar-refractivity contribution is 5.05. The van der Waals surface area contributed by atoms with E-state index in [0.717, 1.165) is 18.7 Å². The van der Waals surface area contributed by atoms with Gasteiger partial charge in [-0.15, -0.1) is 0 Å². The van der Waals surface area contributed by atoms with Gasteiger partial charge in [0.15, 0.2) is 0 Å². The van der Waals surface area contributed by atoms with Crippen molar-refractivity contribution in [2.45, 2.75) is 69.7 Å². The summed E-state index contributed by atoms with van der Waals surface area (Å²) in [6.45, 7) is 4.10. The maximum atomic E-state index is 15.0. The molecule has 2 fully saturated rings. The Morgan fingerprint density at radius 1 is 1.44 bits per heavy atom. The smallest absolute Gasteiger partial charge is 0.138 e. The Morgan fingerprint density at radius 2 is 2.11 bits per heavy atom. The first-order chi connectivity index (χ1) is 8.56. The van der Waals surface area contributed by atoms with Crippen molar-refractivity contribution in [3.05, 3.63) is 12.2 Å². The second-order valence-electron chi connectivity index (χ2n) is 6.09. The molecule has 1 N–H and O–H groups in total. The largest absolute Gasteiger partial charge is 0.311 e. The van der Waals surface area contributed by atoms with E-state index in [1.807, 2.05) is 4.68 Å². The van der Waals surface area contributed by atoms with Crippen molar-refractivity contribution < 1.29 is 4.39 Å². The third-order valence-electron chi connectivity index (χ3n) is 4.17. The molecule has 0 aromatic carbocycles. The number of alkyl halides is 1. The van der Waals surface area contributed by atoms with E-state index in [1.165, 1.54) is 6.33 Å². The monoisotopic (exact) mass is 252 g/mol. The van der Waals surface area contributed by atoms with E-state index >= 15 is 0 Å². The first-order valence-corrected chi connectivity index (χ1v) is 6.89. The Bertz CT molecular complexity index is 416. The van der Waals surface area contributed by atoms with Crippen LogP contribution in [0.15, 0.2) is 6.33 Å². The Hall–Kier alpha value is -0.970. The van der Waals surface area contributed by atoms with Crippen LogP contribution < -0.4 is 5.32 Å². The molecule has 1 aromatic rings. The van der Waals surface area contributed by atoms with Gasteiger partial charge in [-0.05, 0) is 39.5 Å². The molecule has 0 saturated carbocycles. The number of hydrogen-bond acceptors (Lipinski definition) is 3. The first-order valence-electron chi connectivity index (χ1n) is 6.89. The van der Waals surface area contributed by atoms with Gasteiger partial charge in [0.05, 0.1) is 0 Å². The quantitative estimate of drug-likeness (QED) is 0.895. The molecule has 5 heteroatoms. The lowest BCUT2D eigenvalue weighted by atomic mass is 9.86. The number of hydrogen-bond donors (Lipinski definition) is 1. The Kier molecular flexibility index (Phi) is 2.88. The number of halogens is 1. The molecule has 1 aromatic heterocycles. The molecule has 0 radical (unpaired) electrons. The van der Waals surface area contributed by atoms with Gasteiger partial charge in [-0.1, -0.05) is 0 Å². The number of nitrogens with zero attached hydrogens (tertiary/aromatic N) is 3. The molecule has 18 heavy (non-hydrogen) atoms. The highest BCUT2D eigenvalue weighted by atomic mass is 19.1. The molecule has 4 nitrogen and oxygen atoms in total. The minimum Gasteiger partial charge on any atom is -0.311 e. The first kappa shape index (κ1) is 12.1. The number of fused-ring (bicyclic) bond motifs is 2. The van der Waals surface area contributed by atoms with Crippen molar-refractivity contribution in [1.82, 2.24) is 20.1 Å². The van der Waals surface area contributed by atoms with Crippen LogP contribution in [0.2, 0.25) is 0 Å². The molecule has 2 bridgehead atoms. The summed E-state index contributed by atoms with van der Waals surface area (Å²) in [5, 5.41) is 7.67. The Labute approximate surface area is 107 Å². The molecule has 2 atom stereocenters. The molecule has 2 aliphatic rings. The minimum absolute atomic E-state index is 0.240. The van der Waals surface area contributed by atoms with E-state index in [4.69, 9.17) is 0 Å². The predicted molar refractivity (Wildman–Crippen MR) is 67.1 cm³/mol. The van der Waals surface area contributed by atoms with Crippen LogP contribution in [0, 0.1) is 0 Å². The fourth-order valence-corrected chi connectivity index (χ4v) is 3.45. The van der Waals surface area contributed by atoms with Gasteiger partial charge in [0, 0.05) is 24.5 Å². The van der Waals surface area contributed by atoms with Gasteiger partial charge in [0.1, 0.15) is 17.8 Å². The van der Waals surface area contributed by atoms with Crippen LogP contribution in [0.1, 0.15) is 51.4 Å². The Morgan fingerprint density at radius 3 is 2.72 bits per heavy atom.